The van der Waals surface area contributed by atoms with E-state index in [2.05, 4.69) is 0 Å². The molecule has 264 valence electrons. The van der Waals surface area contributed by atoms with Gasteiger partial charge in [-0.2, -0.15) is 0 Å². The molecule has 0 aliphatic carbocycles. The van der Waals surface area contributed by atoms with Gasteiger partial charge in [-0.3, -0.25) is 0 Å². The molecule has 15 nitrogen and oxygen atoms in total. The van der Waals surface area contributed by atoms with Crippen LogP contribution in [0.4, 0.5) is 0 Å². The molecule has 0 radical (unpaired) electrons. The molecule has 0 bridgehead atoms. The van der Waals surface area contributed by atoms with Gasteiger partial charge in [0.1, 0.15) is 37.1 Å². The predicted molar refractivity (Wildman–Crippen MR) is 175 cm³/mol. The SMILES string of the molecule is Cc1c(COc2cc(C(=O)O)cc(C(=O)O)c2)c(C)c(COc2cc(C(=O)O)cc(C(=O)O)c2)c(C)c1COc1cc(C(=O)O)cc(C(=O)O)c1. The first-order valence-corrected chi connectivity index (χ1v) is 14.8. The molecular weight excluding hydrogens is 672 g/mol. The summed E-state index contributed by atoms with van der Waals surface area (Å²) in [5.41, 5.74) is 1.50. The largest absolute Gasteiger partial charge is 0.489 e. The van der Waals surface area contributed by atoms with Gasteiger partial charge in [-0.05, 0) is 109 Å². The molecule has 0 saturated heterocycles. The Morgan fingerprint density at radius 1 is 0.373 bits per heavy atom. The zero-order chi connectivity index (χ0) is 37.7. The zero-order valence-corrected chi connectivity index (χ0v) is 27.2. The molecule has 15 heteroatoms. The summed E-state index contributed by atoms with van der Waals surface area (Å²) in [6.07, 6.45) is 0. The molecule has 4 aromatic carbocycles. The van der Waals surface area contributed by atoms with Crippen molar-refractivity contribution in [3.05, 3.63) is 121 Å². The highest BCUT2D eigenvalue weighted by Crippen LogP contribution is 2.32. The van der Waals surface area contributed by atoms with Crippen molar-refractivity contribution in [2.24, 2.45) is 0 Å². The van der Waals surface area contributed by atoms with Crippen LogP contribution in [0.1, 0.15) is 95.5 Å². The zero-order valence-electron chi connectivity index (χ0n) is 27.2. The number of benzene rings is 4. The average molecular weight is 703 g/mol. The molecule has 0 aromatic heterocycles. The third-order valence-electron chi connectivity index (χ3n) is 8.07. The number of carboxylic acid groups (broad SMARTS) is 6. The summed E-state index contributed by atoms with van der Waals surface area (Å²) in [4.78, 5) is 69.9. The average Bonchev–Trinajstić information content (AvgIpc) is 3.07. The van der Waals surface area contributed by atoms with E-state index in [1.807, 2.05) is 0 Å². The second-order valence-electron chi connectivity index (χ2n) is 11.2. The van der Waals surface area contributed by atoms with Crippen molar-refractivity contribution in [3.8, 4) is 17.2 Å². The van der Waals surface area contributed by atoms with E-state index in [-0.39, 0.29) is 70.4 Å². The van der Waals surface area contributed by atoms with Crippen molar-refractivity contribution in [3.63, 3.8) is 0 Å². The molecule has 0 saturated carbocycles. The topological polar surface area (TPSA) is 251 Å². The van der Waals surface area contributed by atoms with Crippen LogP contribution in [-0.2, 0) is 19.8 Å². The second-order valence-corrected chi connectivity index (χ2v) is 11.2. The molecular formula is C36H30O15. The lowest BCUT2D eigenvalue weighted by molar-refractivity contribution is 0.0675. The Morgan fingerprint density at radius 2 is 0.549 bits per heavy atom. The highest BCUT2D eigenvalue weighted by Gasteiger charge is 2.21. The van der Waals surface area contributed by atoms with Gasteiger partial charge in [-0.25, -0.2) is 28.8 Å². The molecule has 0 unspecified atom stereocenters. The first-order chi connectivity index (χ1) is 24.0. The number of carbonyl (C=O) groups is 6. The molecule has 0 spiro atoms. The monoisotopic (exact) mass is 702 g/mol. The quantitative estimate of drug-likeness (QED) is 0.0889. The molecule has 4 rings (SSSR count). The summed E-state index contributed by atoms with van der Waals surface area (Å²) in [7, 11) is 0. The van der Waals surface area contributed by atoms with E-state index in [9.17, 15) is 59.4 Å². The molecule has 0 amide bonds. The summed E-state index contributed by atoms with van der Waals surface area (Å²) in [5.74, 6) is -8.41. The van der Waals surface area contributed by atoms with E-state index in [0.717, 1.165) is 54.6 Å². The van der Waals surface area contributed by atoms with Gasteiger partial charge in [0.05, 0.1) is 33.4 Å². The van der Waals surface area contributed by atoms with Crippen molar-refractivity contribution >= 4 is 35.8 Å². The van der Waals surface area contributed by atoms with Crippen molar-refractivity contribution < 1.29 is 73.6 Å². The number of rotatable bonds is 15. The molecule has 0 atom stereocenters. The smallest absolute Gasteiger partial charge is 0.335 e. The predicted octanol–water partition coefficient (Wildman–Crippen LogP) is 5.54. The fourth-order valence-corrected chi connectivity index (χ4v) is 5.29. The Kier molecular flexibility index (Phi) is 10.9. The molecule has 0 aliphatic rings. The third-order valence-corrected chi connectivity index (χ3v) is 8.07. The molecule has 51 heavy (non-hydrogen) atoms. The fourth-order valence-electron chi connectivity index (χ4n) is 5.29. The van der Waals surface area contributed by atoms with E-state index in [0.29, 0.717) is 33.4 Å². The van der Waals surface area contributed by atoms with Crippen molar-refractivity contribution in [1.29, 1.82) is 0 Å². The maximum Gasteiger partial charge on any atom is 0.335 e. The van der Waals surface area contributed by atoms with E-state index in [4.69, 9.17) is 14.2 Å². The summed E-state index contributed by atoms with van der Waals surface area (Å²) in [6, 6.07) is 9.90. The van der Waals surface area contributed by atoms with Crippen molar-refractivity contribution in [1.82, 2.24) is 0 Å². The maximum atomic E-state index is 11.6. The summed E-state index contributed by atoms with van der Waals surface area (Å²) in [6.45, 7) is 4.54. The van der Waals surface area contributed by atoms with E-state index < -0.39 is 35.8 Å². The lowest BCUT2D eigenvalue weighted by Gasteiger charge is -2.23. The van der Waals surface area contributed by atoms with Crippen LogP contribution in [-0.4, -0.2) is 66.5 Å². The minimum absolute atomic E-state index is 0.0550. The van der Waals surface area contributed by atoms with Crippen LogP contribution < -0.4 is 14.2 Å². The van der Waals surface area contributed by atoms with Gasteiger partial charge in [0.2, 0.25) is 0 Å². The molecule has 0 fully saturated rings. The summed E-state index contributed by atoms with van der Waals surface area (Å²) in [5, 5.41) is 56.9. The maximum absolute atomic E-state index is 11.6. The van der Waals surface area contributed by atoms with Crippen LogP contribution >= 0.6 is 0 Å². The summed E-state index contributed by atoms with van der Waals surface area (Å²) >= 11 is 0. The first-order valence-electron chi connectivity index (χ1n) is 14.8. The molecule has 6 N–H and O–H groups in total. The number of hydrogen-bond acceptors (Lipinski definition) is 9. The molecule has 4 aromatic rings. The third kappa shape index (κ3) is 8.58. The lowest BCUT2D eigenvalue weighted by Crippen LogP contribution is -2.14. The van der Waals surface area contributed by atoms with Crippen molar-refractivity contribution in [2.45, 2.75) is 40.6 Å². The van der Waals surface area contributed by atoms with Crippen LogP contribution in [0.5, 0.6) is 17.2 Å². The Labute approximate surface area is 288 Å². The number of aromatic carboxylic acids is 6. The van der Waals surface area contributed by atoms with Gasteiger partial charge < -0.3 is 44.8 Å². The van der Waals surface area contributed by atoms with Gasteiger partial charge in [0.15, 0.2) is 0 Å². The lowest BCUT2D eigenvalue weighted by atomic mass is 9.89. The van der Waals surface area contributed by atoms with Gasteiger partial charge in [-0.15, -0.1) is 0 Å². The van der Waals surface area contributed by atoms with Crippen LogP contribution in [0.2, 0.25) is 0 Å². The first kappa shape index (κ1) is 36.9. The molecule has 0 aliphatic heterocycles. The summed E-state index contributed by atoms with van der Waals surface area (Å²) < 4.78 is 17.7. The normalized spacial score (nSPS) is 10.6. The highest BCUT2D eigenvalue weighted by molar-refractivity contribution is 5.96. The van der Waals surface area contributed by atoms with Gasteiger partial charge in [-0.1, -0.05) is 0 Å². The Bertz CT molecular complexity index is 1760. The van der Waals surface area contributed by atoms with E-state index in [1.54, 1.807) is 20.8 Å². The Hall–Kier alpha value is -6.90. The van der Waals surface area contributed by atoms with E-state index in [1.165, 1.54) is 0 Å². The second kappa shape index (κ2) is 15.1. The van der Waals surface area contributed by atoms with Crippen LogP contribution in [0, 0.1) is 20.8 Å². The Morgan fingerprint density at radius 3 is 0.706 bits per heavy atom. The van der Waals surface area contributed by atoms with Crippen LogP contribution in [0.15, 0.2) is 54.6 Å². The molecule has 0 heterocycles. The number of hydrogen-bond donors (Lipinski definition) is 6. The number of carboxylic acids is 6. The van der Waals surface area contributed by atoms with Crippen LogP contribution in [0.3, 0.4) is 0 Å². The standard InChI is InChI=1S/C36H30O15/c1-16-28(13-49-25-7-19(31(37)38)4-20(8-25)32(39)40)17(2)30(15-51-27-11-23(35(45)46)6-24(12-27)36(47)48)18(3)29(16)14-50-26-9-21(33(41)42)5-22(10-26)34(43)44/h4-12H,13-15H2,1-3H3,(H,37,38)(H,39,40)(H,41,42)(H,43,44)(H,45,46)(H,47,48). The minimum atomic E-state index is -1.37. The van der Waals surface area contributed by atoms with Gasteiger partial charge >= 0.3 is 35.8 Å². The van der Waals surface area contributed by atoms with Gasteiger partial charge in [0.25, 0.3) is 0 Å². The Balaban J connectivity index is 1.79. The highest BCUT2D eigenvalue weighted by atomic mass is 16.5. The van der Waals surface area contributed by atoms with Crippen molar-refractivity contribution in [2.75, 3.05) is 0 Å². The fraction of sp³-hybridized carbons (Fsp3) is 0.167. The van der Waals surface area contributed by atoms with Crippen LogP contribution in [0.25, 0.3) is 0 Å². The number of ether oxygens (including phenoxy) is 3. The minimum Gasteiger partial charge on any atom is -0.489 e. The van der Waals surface area contributed by atoms with E-state index >= 15 is 0 Å². The van der Waals surface area contributed by atoms with Gasteiger partial charge in [0, 0.05) is 0 Å².